The Morgan fingerprint density at radius 1 is 1.05 bits per heavy atom. The first-order chi connectivity index (χ1) is 9.65. The van der Waals surface area contributed by atoms with E-state index in [0.29, 0.717) is 17.7 Å². The number of carbonyl (C=O) groups is 1. The van der Waals surface area contributed by atoms with Gasteiger partial charge in [-0.25, -0.2) is 0 Å². The summed E-state index contributed by atoms with van der Waals surface area (Å²) in [5.41, 5.74) is 2.86. The second-order valence-electron chi connectivity index (χ2n) is 5.22. The Labute approximate surface area is 118 Å². The van der Waals surface area contributed by atoms with Crippen LogP contribution in [-0.2, 0) is 0 Å². The van der Waals surface area contributed by atoms with Crippen LogP contribution in [0.1, 0.15) is 28.4 Å². The number of para-hydroxylation sites is 1. The highest BCUT2D eigenvalue weighted by molar-refractivity contribution is 5.99. The van der Waals surface area contributed by atoms with Gasteiger partial charge in [-0.1, -0.05) is 24.3 Å². The van der Waals surface area contributed by atoms with Crippen LogP contribution in [0.3, 0.4) is 0 Å². The molecule has 0 fully saturated rings. The molecule has 0 spiro atoms. The molecule has 1 heterocycles. The molecule has 3 heteroatoms. The molecular weight excluding hydrogens is 250 g/mol. The summed E-state index contributed by atoms with van der Waals surface area (Å²) < 4.78 is 5.95. The predicted octanol–water partition coefficient (Wildman–Crippen LogP) is 3.46. The van der Waals surface area contributed by atoms with Crippen molar-refractivity contribution >= 4 is 11.5 Å². The van der Waals surface area contributed by atoms with E-state index in [-0.39, 0.29) is 11.9 Å². The maximum atomic E-state index is 12.2. The van der Waals surface area contributed by atoms with Crippen molar-refractivity contribution in [1.29, 1.82) is 0 Å². The number of ether oxygens (including phenoxy) is 1. The molecular formula is C17H17NO2. The molecule has 1 aliphatic heterocycles. The molecule has 0 bridgehead atoms. The van der Waals surface area contributed by atoms with Gasteiger partial charge in [-0.05, 0) is 29.8 Å². The first-order valence-corrected chi connectivity index (χ1v) is 6.71. The zero-order chi connectivity index (χ0) is 14.1. The van der Waals surface area contributed by atoms with Crippen LogP contribution in [0.15, 0.2) is 48.5 Å². The Kier molecular flexibility index (Phi) is 3.18. The summed E-state index contributed by atoms with van der Waals surface area (Å²) in [5, 5.41) is 0. The molecule has 20 heavy (non-hydrogen) atoms. The Hall–Kier alpha value is -2.29. The molecule has 1 atom stereocenters. The first kappa shape index (κ1) is 12.7. The SMILES string of the molecule is CN(C)c1ccc([C@H]2CC(=O)c3ccccc3O2)cc1. The molecule has 0 aliphatic carbocycles. The Balaban J connectivity index is 1.88. The second-order valence-corrected chi connectivity index (χ2v) is 5.22. The number of anilines is 1. The highest BCUT2D eigenvalue weighted by Gasteiger charge is 2.27. The quantitative estimate of drug-likeness (QED) is 0.834. The number of benzene rings is 2. The molecule has 0 N–H and O–H groups in total. The number of ketones is 1. The fraction of sp³-hybridized carbons (Fsp3) is 0.235. The minimum atomic E-state index is -0.186. The largest absolute Gasteiger partial charge is 0.484 e. The summed E-state index contributed by atoms with van der Waals surface area (Å²) in [5.74, 6) is 0.832. The third-order valence-electron chi connectivity index (χ3n) is 3.61. The lowest BCUT2D eigenvalue weighted by Gasteiger charge is -2.25. The standard InChI is InChI=1S/C17H17NO2/c1-18(2)13-9-7-12(8-10-13)17-11-15(19)14-5-3-4-6-16(14)20-17/h3-10,17H,11H2,1-2H3/t17-/m1/s1. The fourth-order valence-electron chi connectivity index (χ4n) is 2.45. The van der Waals surface area contributed by atoms with Crippen molar-refractivity contribution in [3.8, 4) is 5.75 Å². The summed E-state index contributed by atoms with van der Waals surface area (Å²) in [7, 11) is 4.01. The highest BCUT2D eigenvalue weighted by Crippen LogP contribution is 2.34. The van der Waals surface area contributed by atoms with E-state index in [2.05, 4.69) is 0 Å². The number of Topliss-reactive ketones (excluding diaryl/α,β-unsaturated/α-hetero) is 1. The number of nitrogens with zero attached hydrogens (tertiary/aromatic N) is 1. The first-order valence-electron chi connectivity index (χ1n) is 6.71. The molecule has 0 saturated heterocycles. The van der Waals surface area contributed by atoms with Crippen molar-refractivity contribution in [2.24, 2.45) is 0 Å². The maximum Gasteiger partial charge on any atom is 0.170 e. The van der Waals surface area contributed by atoms with E-state index >= 15 is 0 Å². The van der Waals surface area contributed by atoms with Gasteiger partial charge < -0.3 is 9.64 Å². The lowest BCUT2D eigenvalue weighted by atomic mass is 9.96. The minimum Gasteiger partial charge on any atom is -0.484 e. The van der Waals surface area contributed by atoms with Crippen LogP contribution in [0.25, 0.3) is 0 Å². The van der Waals surface area contributed by atoms with E-state index in [1.54, 1.807) is 0 Å². The summed E-state index contributed by atoms with van der Waals surface area (Å²) in [6.07, 6.45) is 0.215. The van der Waals surface area contributed by atoms with Gasteiger partial charge in [0, 0.05) is 19.8 Å². The molecule has 2 aromatic rings. The van der Waals surface area contributed by atoms with E-state index in [4.69, 9.17) is 4.74 Å². The Bertz CT molecular complexity index is 632. The third kappa shape index (κ3) is 2.27. The van der Waals surface area contributed by atoms with E-state index in [0.717, 1.165) is 11.3 Å². The van der Waals surface area contributed by atoms with Crippen molar-refractivity contribution < 1.29 is 9.53 Å². The van der Waals surface area contributed by atoms with Gasteiger partial charge in [0.2, 0.25) is 0 Å². The summed E-state index contributed by atoms with van der Waals surface area (Å²) in [6, 6.07) is 15.6. The van der Waals surface area contributed by atoms with Gasteiger partial charge in [-0.3, -0.25) is 4.79 Å². The van der Waals surface area contributed by atoms with Crippen LogP contribution in [0.4, 0.5) is 5.69 Å². The number of rotatable bonds is 2. The van der Waals surface area contributed by atoms with Crippen LogP contribution < -0.4 is 9.64 Å². The van der Waals surface area contributed by atoms with Crippen LogP contribution in [-0.4, -0.2) is 19.9 Å². The fourth-order valence-corrected chi connectivity index (χ4v) is 2.45. The molecule has 0 aromatic heterocycles. The molecule has 0 saturated carbocycles. The molecule has 2 aromatic carbocycles. The van der Waals surface area contributed by atoms with Gasteiger partial charge in [0.1, 0.15) is 11.9 Å². The van der Waals surface area contributed by atoms with Crippen molar-refractivity contribution in [2.45, 2.75) is 12.5 Å². The summed E-state index contributed by atoms with van der Waals surface area (Å²) in [6.45, 7) is 0. The average molecular weight is 267 g/mol. The average Bonchev–Trinajstić information content (AvgIpc) is 2.47. The molecule has 3 nitrogen and oxygen atoms in total. The monoisotopic (exact) mass is 267 g/mol. The van der Waals surface area contributed by atoms with Gasteiger partial charge in [0.25, 0.3) is 0 Å². The van der Waals surface area contributed by atoms with Crippen molar-refractivity contribution in [2.75, 3.05) is 19.0 Å². The number of carbonyl (C=O) groups excluding carboxylic acids is 1. The number of hydrogen-bond acceptors (Lipinski definition) is 3. The maximum absolute atomic E-state index is 12.2. The van der Waals surface area contributed by atoms with Gasteiger partial charge >= 0.3 is 0 Å². The molecule has 0 unspecified atom stereocenters. The summed E-state index contributed by atoms with van der Waals surface area (Å²) in [4.78, 5) is 14.2. The van der Waals surface area contributed by atoms with E-state index in [1.165, 1.54) is 0 Å². The van der Waals surface area contributed by atoms with Crippen molar-refractivity contribution in [1.82, 2.24) is 0 Å². The van der Waals surface area contributed by atoms with Crippen LogP contribution >= 0.6 is 0 Å². The molecule has 0 radical (unpaired) electrons. The van der Waals surface area contributed by atoms with E-state index in [9.17, 15) is 4.79 Å². The second kappa shape index (κ2) is 5.00. The summed E-state index contributed by atoms with van der Waals surface area (Å²) >= 11 is 0. The predicted molar refractivity (Wildman–Crippen MR) is 79.5 cm³/mol. The van der Waals surface area contributed by atoms with E-state index in [1.807, 2.05) is 67.5 Å². The normalized spacial score (nSPS) is 17.3. The van der Waals surface area contributed by atoms with Crippen LogP contribution in [0, 0.1) is 0 Å². The van der Waals surface area contributed by atoms with Crippen molar-refractivity contribution in [3.05, 3.63) is 59.7 Å². The third-order valence-corrected chi connectivity index (χ3v) is 3.61. The number of hydrogen-bond donors (Lipinski definition) is 0. The molecule has 0 amide bonds. The van der Waals surface area contributed by atoms with Gasteiger partial charge in [0.15, 0.2) is 5.78 Å². The van der Waals surface area contributed by atoms with E-state index < -0.39 is 0 Å². The number of fused-ring (bicyclic) bond motifs is 1. The minimum absolute atomic E-state index is 0.147. The zero-order valence-electron chi connectivity index (χ0n) is 11.7. The van der Waals surface area contributed by atoms with Crippen LogP contribution in [0.2, 0.25) is 0 Å². The Morgan fingerprint density at radius 3 is 2.45 bits per heavy atom. The smallest absolute Gasteiger partial charge is 0.170 e. The van der Waals surface area contributed by atoms with Gasteiger partial charge in [-0.2, -0.15) is 0 Å². The molecule has 3 rings (SSSR count). The lowest BCUT2D eigenvalue weighted by Crippen LogP contribution is -2.20. The van der Waals surface area contributed by atoms with Crippen molar-refractivity contribution in [3.63, 3.8) is 0 Å². The highest BCUT2D eigenvalue weighted by atomic mass is 16.5. The lowest BCUT2D eigenvalue weighted by molar-refractivity contribution is 0.0850. The Morgan fingerprint density at radius 2 is 1.75 bits per heavy atom. The van der Waals surface area contributed by atoms with Crippen LogP contribution in [0.5, 0.6) is 5.75 Å². The van der Waals surface area contributed by atoms with Gasteiger partial charge in [-0.15, -0.1) is 0 Å². The topological polar surface area (TPSA) is 29.5 Å². The molecule has 102 valence electrons. The molecule has 1 aliphatic rings. The zero-order valence-corrected chi connectivity index (χ0v) is 11.7. The van der Waals surface area contributed by atoms with Gasteiger partial charge in [0.05, 0.1) is 12.0 Å².